The standard InChI is InChI=1S/C17H25N3O3/c1-2-5-14(18)16(21)19-11-12-6-3-7-13(10-12)20-17(22)15-8-4-9-23-15/h3,6-7,10,14-15H,2,4-5,8-9,11,18H2,1H3,(H,19,21)(H,20,22). The second kappa shape index (κ2) is 8.64. The molecule has 2 atom stereocenters. The summed E-state index contributed by atoms with van der Waals surface area (Å²) in [6.07, 6.45) is 2.87. The van der Waals surface area contributed by atoms with Crippen LogP contribution >= 0.6 is 0 Å². The van der Waals surface area contributed by atoms with Gasteiger partial charge in [-0.05, 0) is 37.0 Å². The molecule has 126 valence electrons. The zero-order chi connectivity index (χ0) is 16.7. The topological polar surface area (TPSA) is 93.5 Å². The summed E-state index contributed by atoms with van der Waals surface area (Å²) < 4.78 is 5.36. The van der Waals surface area contributed by atoms with Crippen molar-refractivity contribution in [1.82, 2.24) is 5.32 Å². The first kappa shape index (κ1) is 17.4. The summed E-state index contributed by atoms with van der Waals surface area (Å²) in [4.78, 5) is 23.9. The summed E-state index contributed by atoms with van der Waals surface area (Å²) >= 11 is 0. The van der Waals surface area contributed by atoms with E-state index in [-0.39, 0.29) is 17.9 Å². The smallest absolute Gasteiger partial charge is 0.253 e. The van der Waals surface area contributed by atoms with Crippen LogP contribution in [0.3, 0.4) is 0 Å². The Morgan fingerprint density at radius 2 is 2.26 bits per heavy atom. The highest BCUT2D eigenvalue weighted by molar-refractivity contribution is 5.94. The lowest BCUT2D eigenvalue weighted by Crippen LogP contribution is -2.40. The predicted molar refractivity (Wildman–Crippen MR) is 88.8 cm³/mol. The first-order chi connectivity index (χ1) is 11.1. The number of hydrogen-bond acceptors (Lipinski definition) is 4. The molecule has 2 unspecified atom stereocenters. The van der Waals surface area contributed by atoms with Gasteiger partial charge in [0, 0.05) is 18.8 Å². The van der Waals surface area contributed by atoms with Crippen LogP contribution in [0.25, 0.3) is 0 Å². The molecule has 1 aliphatic heterocycles. The lowest BCUT2D eigenvalue weighted by atomic mass is 10.1. The maximum atomic E-state index is 12.0. The molecule has 2 amide bonds. The van der Waals surface area contributed by atoms with Crippen molar-refractivity contribution in [2.24, 2.45) is 5.73 Å². The van der Waals surface area contributed by atoms with Crippen molar-refractivity contribution < 1.29 is 14.3 Å². The average molecular weight is 319 g/mol. The van der Waals surface area contributed by atoms with Gasteiger partial charge in [0.1, 0.15) is 6.10 Å². The van der Waals surface area contributed by atoms with E-state index >= 15 is 0 Å². The Morgan fingerprint density at radius 1 is 1.43 bits per heavy atom. The van der Waals surface area contributed by atoms with Crippen molar-refractivity contribution in [3.63, 3.8) is 0 Å². The molecule has 1 saturated heterocycles. The second-order valence-electron chi connectivity index (χ2n) is 5.80. The van der Waals surface area contributed by atoms with E-state index in [9.17, 15) is 9.59 Å². The Balaban J connectivity index is 1.86. The largest absolute Gasteiger partial charge is 0.368 e. The molecule has 1 aliphatic rings. The van der Waals surface area contributed by atoms with Crippen LogP contribution < -0.4 is 16.4 Å². The summed E-state index contributed by atoms with van der Waals surface area (Å²) in [5, 5.41) is 5.67. The molecule has 0 aliphatic carbocycles. The van der Waals surface area contributed by atoms with E-state index in [0.717, 1.165) is 24.8 Å². The maximum absolute atomic E-state index is 12.0. The third-order valence-corrected chi connectivity index (χ3v) is 3.82. The van der Waals surface area contributed by atoms with Crippen LogP contribution in [0.5, 0.6) is 0 Å². The number of nitrogens with one attached hydrogen (secondary N) is 2. The molecule has 1 heterocycles. The normalized spacial score (nSPS) is 18.4. The number of hydrogen-bond donors (Lipinski definition) is 3. The van der Waals surface area contributed by atoms with Gasteiger partial charge in [-0.2, -0.15) is 0 Å². The van der Waals surface area contributed by atoms with Gasteiger partial charge in [-0.25, -0.2) is 0 Å². The fraction of sp³-hybridized carbons (Fsp3) is 0.529. The Morgan fingerprint density at radius 3 is 2.96 bits per heavy atom. The van der Waals surface area contributed by atoms with E-state index in [1.807, 2.05) is 31.2 Å². The summed E-state index contributed by atoms with van der Waals surface area (Å²) in [6.45, 7) is 3.02. The number of carbonyl (C=O) groups is 2. The number of ether oxygens (including phenoxy) is 1. The maximum Gasteiger partial charge on any atom is 0.253 e. The number of anilines is 1. The molecule has 23 heavy (non-hydrogen) atoms. The molecule has 1 aromatic rings. The molecule has 0 bridgehead atoms. The van der Waals surface area contributed by atoms with E-state index in [0.29, 0.717) is 25.3 Å². The van der Waals surface area contributed by atoms with Gasteiger partial charge in [-0.15, -0.1) is 0 Å². The molecule has 4 N–H and O–H groups in total. The predicted octanol–water partition coefficient (Wildman–Crippen LogP) is 1.55. The van der Waals surface area contributed by atoms with Crippen molar-refractivity contribution in [2.75, 3.05) is 11.9 Å². The fourth-order valence-electron chi connectivity index (χ4n) is 2.53. The van der Waals surface area contributed by atoms with Gasteiger partial charge in [0.2, 0.25) is 5.91 Å². The van der Waals surface area contributed by atoms with E-state index in [4.69, 9.17) is 10.5 Å². The Bertz CT molecular complexity index is 542. The highest BCUT2D eigenvalue weighted by atomic mass is 16.5. The minimum Gasteiger partial charge on any atom is -0.368 e. The minimum atomic E-state index is -0.470. The van der Waals surface area contributed by atoms with E-state index < -0.39 is 6.04 Å². The van der Waals surface area contributed by atoms with Crippen LogP contribution in [0.4, 0.5) is 5.69 Å². The molecule has 2 rings (SSSR count). The fourth-order valence-corrected chi connectivity index (χ4v) is 2.53. The van der Waals surface area contributed by atoms with E-state index in [1.165, 1.54) is 0 Å². The Hall–Kier alpha value is -1.92. The van der Waals surface area contributed by atoms with Gasteiger partial charge in [-0.3, -0.25) is 9.59 Å². The zero-order valence-corrected chi connectivity index (χ0v) is 13.5. The molecule has 0 aromatic heterocycles. The number of benzene rings is 1. The molecule has 0 radical (unpaired) electrons. The lowest BCUT2D eigenvalue weighted by molar-refractivity contribution is -0.124. The monoisotopic (exact) mass is 319 g/mol. The van der Waals surface area contributed by atoms with Gasteiger partial charge < -0.3 is 21.1 Å². The third kappa shape index (κ3) is 5.33. The summed E-state index contributed by atoms with van der Waals surface area (Å²) in [6, 6.07) is 6.94. The van der Waals surface area contributed by atoms with Crippen molar-refractivity contribution in [3.05, 3.63) is 29.8 Å². The van der Waals surface area contributed by atoms with Crippen molar-refractivity contribution in [2.45, 2.75) is 51.3 Å². The average Bonchev–Trinajstić information content (AvgIpc) is 3.08. The zero-order valence-electron chi connectivity index (χ0n) is 13.5. The van der Waals surface area contributed by atoms with Crippen LogP contribution in [0, 0.1) is 0 Å². The lowest BCUT2D eigenvalue weighted by Gasteiger charge is -2.13. The Labute approximate surface area is 136 Å². The van der Waals surface area contributed by atoms with E-state index in [2.05, 4.69) is 10.6 Å². The SMILES string of the molecule is CCCC(N)C(=O)NCc1cccc(NC(=O)C2CCCO2)c1. The molecular weight excluding hydrogens is 294 g/mol. The molecule has 1 fully saturated rings. The molecule has 6 nitrogen and oxygen atoms in total. The van der Waals surface area contributed by atoms with Crippen LogP contribution in [-0.4, -0.2) is 30.6 Å². The third-order valence-electron chi connectivity index (χ3n) is 3.82. The minimum absolute atomic E-state index is 0.117. The molecule has 0 saturated carbocycles. The molecular formula is C17H25N3O3. The number of amides is 2. The summed E-state index contributed by atoms with van der Waals surface area (Å²) in [7, 11) is 0. The van der Waals surface area contributed by atoms with Crippen LogP contribution in [0.1, 0.15) is 38.2 Å². The molecule has 0 spiro atoms. The van der Waals surface area contributed by atoms with Gasteiger partial charge in [0.25, 0.3) is 5.91 Å². The first-order valence-corrected chi connectivity index (χ1v) is 8.15. The van der Waals surface area contributed by atoms with Crippen molar-refractivity contribution in [3.8, 4) is 0 Å². The second-order valence-corrected chi connectivity index (χ2v) is 5.80. The highest BCUT2D eigenvalue weighted by Gasteiger charge is 2.23. The van der Waals surface area contributed by atoms with Crippen LogP contribution in [0.15, 0.2) is 24.3 Å². The van der Waals surface area contributed by atoms with Gasteiger partial charge in [0.05, 0.1) is 6.04 Å². The van der Waals surface area contributed by atoms with Crippen molar-refractivity contribution in [1.29, 1.82) is 0 Å². The van der Waals surface area contributed by atoms with Crippen LogP contribution in [-0.2, 0) is 20.9 Å². The van der Waals surface area contributed by atoms with E-state index in [1.54, 1.807) is 0 Å². The number of rotatable bonds is 7. The Kier molecular flexibility index (Phi) is 6.55. The molecule has 6 heteroatoms. The van der Waals surface area contributed by atoms with Crippen LogP contribution in [0.2, 0.25) is 0 Å². The van der Waals surface area contributed by atoms with Gasteiger partial charge in [0.15, 0.2) is 0 Å². The quantitative estimate of drug-likeness (QED) is 0.711. The van der Waals surface area contributed by atoms with Gasteiger partial charge in [-0.1, -0.05) is 25.5 Å². The first-order valence-electron chi connectivity index (χ1n) is 8.15. The summed E-state index contributed by atoms with van der Waals surface area (Å²) in [5.41, 5.74) is 7.39. The highest BCUT2D eigenvalue weighted by Crippen LogP contribution is 2.16. The number of nitrogens with two attached hydrogens (primary N) is 1. The van der Waals surface area contributed by atoms with Gasteiger partial charge >= 0.3 is 0 Å². The molecule has 1 aromatic carbocycles. The number of carbonyl (C=O) groups excluding carboxylic acids is 2. The van der Waals surface area contributed by atoms with Crippen molar-refractivity contribution >= 4 is 17.5 Å². The summed E-state index contributed by atoms with van der Waals surface area (Å²) in [5.74, 6) is -0.269.